The second-order valence-electron chi connectivity index (χ2n) is 3.99. The number of nitrogen functional groups attached to an aromatic ring is 1. The number of carbonyl (C=O) groups excluding carboxylic acids is 1. The molecule has 3 nitrogen and oxygen atoms in total. The van der Waals surface area contributed by atoms with Gasteiger partial charge >= 0.3 is 0 Å². The Morgan fingerprint density at radius 3 is 2.81 bits per heavy atom. The lowest BCUT2D eigenvalue weighted by Crippen LogP contribution is -2.37. The van der Waals surface area contributed by atoms with E-state index in [1.807, 2.05) is 11.8 Å². The normalized spacial score (nSPS) is 17.0. The van der Waals surface area contributed by atoms with Crippen molar-refractivity contribution >= 4 is 23.4 Å². The molecule has 0 aliphatic carbocycles. The van der Waals surface area contributed by atoms with Crippen molar-refractivity contribution in [3.8, 4) is 0 Å². The van der Waals surface area contributed by atoms with Gasteiger partial charge in [-0.15, -0.1) is 0 Å². The first-order chi connectivity index (χ1) is 7.75. The standard InChI is InChI=1S/C12H16N2OS/c13-10-3-1-2-9(8-10)12(15)14-11-4-6-16-7-5-11/h1-3,8,11H,4-7,13H2,(H,14,15). The molecule has 1 aliphatic rings. The van der Waals surface area contributed by atoms with E-state index in [0.717, 1.165) is 24.3 Å². The first-order valence-corrected chi connectivity index (χ1v) is 6.65. The molecule has 1 amide bonds. The van der Waals surface area contributed by atoms with E-state index in [4.69, 9.17) is 5.73 Å². The Morgan fingerprint density at radius 1 is 1.38 bits per heavy atom. The van der Waals surface area contributed by atoms with Crippen LogP contribution in [0.4, 0.5) is 5.69 Å². The third-order valence-electron chi connectivity index (χ3n) is 2.71. The van der Waals surface area contributed by atoms with Gasteiger partial charge in [-0.25, -0.2) is 0 Å². The van der Waals surface area contributed by atoms with Gasteiger partial charge in [-0.1, -0.05) is 6.07 Å². The Hall–Kier alpha value is -1.16. The molecule has 1 heterocycles. The zero-order valence-corrected chi connectivity index (χ0v) is 9.93. The Labute approximate surface area is 99.8 Å². The monoisotopic (exact) mass is 236 g/mol. The molecule has 1 aliphatic heterocycles. The summed E-state index contributed by atoms with van der Waals surface area (Å²) in [5.74, 6) is 2.27. The van der Waals surface area contributed by atoms with Gasteiger partial charge in [0.25, 0.3) is 5.91 Å². The molecule has 0 saturated carbocycles. The van der Waals surface area contributed by atoms with Crippen molar-refractivity contribution < 1.29 is 4.79 Å². The molecule has 0 aromatic heterocycles. The Kier molecular flexibility index (Phi) is 3.72. The lowest BCUT2D eigenvalue weighted by atomic mass is 10.1. The molecule has 0 unspecified atom stereocenters. The number of thioether (sulfide) groups is 1. The number of carbonyl (C=O) groups is 1. The average Bonchev–Trinajstić information content (AvgIpc) is 2.30. The molecular formula is C12H16N2OS. The highest BCUT2D eigenvalue weighted by Gasteiger charge is 2.16. The molecule has 0 atom stereocenters. The third-order valence-corrected chi connectivity index (χ3v) is 3.75. The van der Waals surface area contributed by atoms with E-state index in [2.05, 4.69) is 5.32 Å². The van der Waals surface area contributed by atoms with Crippen molar-refractivity contribution in [1.29, 1.82) is 0 Å². The molecule has 2 rings (SSSR count). The number of hydrogen-bond acceptors (Lipinski definition) is 3. The van der Waals surface area contributed by atoms with Crippen molar-refractivity contribution in [3.63, 3.8) is 0 Å². The topological polar surface area (TPSA) is 55.1 Å². The quantitative estimate of drug-likeness (QED) is 0.771. The molecule has 0 bridgehead atoms. The predicted molar refractivity (Wildman–Crippen MR) is 68.7 cm³/mol. The van der Waals surface area contributed by atoms with Crippen LogP contribution in [0.5, 0.6) is 0 Å². The number of benzene rings is 1. The van der Waals surface area contributed by atoms with Gasteiger partial charge < -0.3 is 11.1 Å². The fourth-order valence-corrected chi connectivity index (χ4v) is 2.90. The molecule has 0 radical (unpaired) electrons. The van der Waals surface area contributed by atoms with Crippen LogP contribution in [0.15, 0.2) is 24.3 Å². The molecule has 86 valence electrons. The van der Waals surface area contributed by atoms with Gasteiger partial charge in [0.05, 0.1) is 0 Å². The van der Waals surface area contributed by atoms with E-state index in [0.29, 0.717) is 17.3 Å². The molecule has 1 saturated heterocycles. The van der Waals surface area contributed by atoms with Crippen LogP contribution >= 0.6 is 11.8 Å². The van der Waals surface area contributed by atoms with Crippen LogP contribution in [0.3, 0.4) is 0 Å². The van der Waals surface area contributed by atoms with Crippen molar-refractivity contribution in [2.75, 3.05) is 17.2 Å². The minimum Gasteiger partial charge on any atom is -0.399 e. The van der Waals surface area contributed by atoms with Crippen LogP contribution in [0.25, 0.3) is 0 Å². The van der Waals surface area contributed by atoms with Crippen molar-refractivity contribution in [1.82, 2.24) is 5.32 Å². The summed E-state index contributed by atoms with van der Waals surface area (Å²) < 4.78 is 0. The van der Waals surface area contributed by atoms with Gasteiger partial charge in [-0.2, -0.15) is 11.8 Å². The summed E-state index contributed by atoms with van der Waals surface area (Å²) in [4.78, 5) is 11.9. The molecule has 1 aromatic carbocycles. The van der Waals surface area contributed by atoms with Gasteiger partial charge in [0.2, 0.25) is 0 Å². The van der Waals surface area contributed by atoms with Gasteiger partial charge in [-0.05, 0) is 42.5 Å². The van der Waals surface area contributed by atoms with E-state index in [9.17, 15) is 4.79 Å². The molecule has 0 spiro atoms. The Balaban J connectivity index is 1.97. The summed E-state index contributed by atoms with van der Waals surface area (Å²) in [5, 5.41) is 3.05. The van der Waals surface area contributed by atoms with E-state index in [1.165, 1.54) is 0 Å². The second kappa shape index (κ2) is 5.25. The number of rotatable bonds is 2. The zero-order chi connectivity index (χ0) is 11.4. The lowest BCUT2D eigenvalue weighted by molar-refractivity contribution is 0.0935. The maximum Gasteiger partial charge on any atom is 0.251 e. The first kappa shape index (κ1) is 11.3. The van der Waals surface area contributed by atoms with Crippen LogP contribution in [-0.4, -0.2) is 23.5 Å². The second-order valence-corrected chi connectivity index (χ2v) is 5.21. The van der Waals surface area contributed by atoms with Crippen LogP contribution in [0, 0.1) is 0 Å². The zero-order valence-electron chi connectivity index (χ0n) is 9.11. The number of hydrogen-bond donors (Lipinski definition) is 2. The Morgan fingerprint density at radius 2 is 2.12 bits per heavy atom. The van der Waals surface area contributed by atoms with E-state index >= 15 is 0 Å². The summed E-state index contributed by atoms with van der Waals surface area (Å²) in [6.45, 7) is 0. The fourth-order valence-electron chi connectivity index (χ4n) is 1.79. The number of nitrogens with two attached hydrogens (primary N) is 1. The highest BCUT2D eigenvalue weighted by Crippen LogP contribution is 2.17. The Bertz CT molecular complexity index is 375. The summed E-state index contributed by atoms with van der Waals surface area (Å²) >= 11 is 1.95. The van der Waals surface area contributed by atoms with Gasteiger partial charge in [0.15, 0.2) is 0 Å². The highest BCUT2D eigenvalue weighted by molar-refractivity contribution is 7.99. The molecule has 3 N–H and O–H groups in total. The largest absolute Gasteiger partial charge is 0.399 e. The minimum atomic E-state index is -0.01000. The minimum absolute atomic E-state index is 0.01000. The number of anilines is 1. The first-order valence-electron chi connectivity index (χ1n) is 5.50. The van der Waals surface area contributed by atoms with Crippen molar-refractivity contribution in [2.45, 2.75) is 18.9 Å². The fraction of sp³-hybridized carbons (Fsp3) is 0.417. The maximum atomic E-state index is 11.9. The summed E-state index contributed by atoms with van der Waals surface area (Å²) in [7, 11) is 0. The predicted octanol–water partition coefficient (Wildman–Crippen LogP) is 1.89. The summed E-state index contributed by atoms with van der Waals surface area (Å²) in [5.41, 5.74) is 6.93. The van der Waals surface area contributed by atoms with Crippen LogP contribution in [-0.2, 0) is 0 Å². The smallest absolute Gasteiger partial charge is 0.251 e. The van der Waals surface area contributed by atoms with Crippen molar-refractivity contribution in [3.05, 3.63) is 29.8 Å². The van der Waals surface area contributed by atoms with Crippen LogP contribution < -0.4 is 11.1 Å². The SMILES string of the molecule is Nc1cccc(C(=O)NC2CCSCC2)c1. The summed E-state index contributed by atoms with van der Waals surface area (Å²) in [6.07, 6.45) is 2.14. The maximum absolute atomic E-state index is 11.9. The molecule has 16 heavy (non-hydrogen) atoms. The highest BCUT2D eigenvalue weighted by atomic mass is 32.2. The van der Waals surface area contributed by atoms with Crippen LogP contribution in [0.1, 0.15) is 23.2 Å². The molecular weight excluding hydrogens is 220 g/mol. The number of nitrogens with one attached hydrogen (secondary N) is 1. The molecule has 4 heteroatoms. The third kappa shape index (κ3) is 2.92. The van der Waals surface area contributed by atoms with E-state index in [-0.39, 0.29) is 5.91 Å². The lowest BCUT2D eigenvalue weighted by Gasteiger charge is -2.22. The van der Waals surface area contributed by atoms with Gasteiger partial charge in [-0.3, -0.25) is 4.79 Å². The molecule has 1 aromatic rings. The molecule has 1 fully saturated rings. The van der Waals surface area contributed by atoms with E-state index < -0.39 is 0 Å². The van der Waals surface area contributed by atoms with Crippen molar-refractivity contribution in [2.24, 2.45) is 0 Å². The summed E-state index contributed by atoms with van der Waals surface area (Å²) in [6, 6.07) is 7.43. The number of amides is 1. The van der Waals surface area contributed by atoms with E-state index in [1.54, 1.807) is 24.3 Å². The van der Waals surface area contributed by atoms with Crippen LogP contribution in [0.2, 0.25) is 0 Å². The average molecular weight is 236 g/mol. The van der Waals surface area contributed by atoms with Gasteiger partial charge in [0, 0.05) is 17.3 Å². The van der Waals surface area contributed by atoms with Gasteiger partial charge in [0.1, 0.15) is 0 Å².